The zero-order valence-electron chi connectivity index (χ0n) is 18.7. The second kappa shape index (κ2) is 5.83. The molecule has 4 aromatic carbocycles. The Morgan fingerprint density at radius 3 is 2.22 bits per heavy atom. The summed E-state index contributed by atoms with van der Waals surface area (Å²) in [6.45, 7) is 8.42. The zero-order valence-corrected chi connectivity index (χ0v) is 18.7. The minimum atomic E-state index is -0.407. The molecule has 0 unspecified atom stereocenters. The van der Waals surface area contributed by atoms with Gasteiger partial charge >= 0.3 is 7.12 Å². The van der Waals surface area contributed by atoms with Crippen molar-refractivity contribution in [1.29, 1.82) is 0 Å². The van der Waals surface area contributed by atoms with Crippen LogP contribution in [0.3, 0.4) is 0 Å². The van der Waals surface area contributed by atoms with Gasteiger partial charge in [-0.25, -0.2) is 0 Å². The fourth-order valence-electron chi connectivity index (χ4n) is 5.36. The molecule has 3 nitrogen and oxygen atoms in total. The Hall–Kier alpha value is -3.08. The van der Waals surface area contributed by atoms with Crippen molar-refractivity contribution in [1.82, 2.24) is 0 Å². The molecule has 1 fully saturated rings. The number of hydrogen-bond donors (Lipinski definition) is 0. The molecular weight excluding hydrogens is 395 g/mol. The lowest BCUT2D eigenvalue weighted by Gasteiger charge is -2.32. The summed E-state index contributed by atoms with van der Waals surface area (Å²) in [6.07, 6.45) is 0. The van der Waals surface area contributed by atoms with E-state index in [1.807, 2.05) is 12.1 Å². The van der Waals surface area contributed by atoms with Crippen LogP contribution in [0.4, 0.5) is 0 Å². The van der Waals surface area contributed by atoms with Crippen LogP contribution in [0.2, 0.25) is 0 Å². The summed E-state index contributed by atoms with van der Waals surface area (Å²) in [4.78, 5) is 0. The van der Waals surface area contributed by atoms with Gasteiger partial charge in [-0.05, 0) is 72.8 Å². The van der Waals surface area contributed by atoms with E-state index in [1.165, 1.54) is 38.4 Å². The lowest BCUT2D eigenvalue weighted by molar-refractivity contribution is 0.00578. The van der Waals surface area contributed by atoms with E-state index in [0.29, 0.717) is 0 Å². The van der Waals surface area contributed by atoms with Gasteiger partial charge in [-0.15, -0.1) is 0 Å². The predicted molar refractivity (Wildman–Crippen MR) is 131 cm³/mol. The normalized spacial score (nSPS) is 18.2. The van der Waals surface area contributed by atoms with Crippen LogP contribution in [0.5, 0.6) is 0 Å². The molecule has 0 spiro atoms. The van der Waals surface area contributed by atoms with E-state index in [2.05, 4.69) is 82.3 Å². The number of furan rings is 1. The topological polar surface area (TPSA) is 31.6 Å². The van der Waals surface area contributed by atoms with Crippen molar-refractivity contribution >= 4 is 45.3 Å². The molecule has 1 saturated heterocycles. The molecule has 0 radical (unpaired) electrons. The molecule has 5 aromatic rings. The molecule has 0 amide bonds. The van der Waals surface area contributed by atoms with E-state index in [9.17, 15) is 0 Å². The summed E-state index contributed by atoms with van der Waals surface area (Å²) < 4.78 is 19.2. The van der Waals surface area contributed by atoms with E-state index in [-0.39, 0.29) is 11.2 Å². The average molecular weight is 418 g/mol. The zero-order chi connectivity index (χ0) is 21.8. The van der Waals surface area contributed by atoms with Crippen molar-refractivity contribution in [2.75, 3.05) is 0 Å². The molecule has 156 valence electrons. The molecule has 1 aromatic heterocycles. The van der Waals surface area contributed by atoms with Gasteiger partial charge in [-0.2, -0.15) is 0 Å². The van der Waals surface area contributed by atoms with Gasteiger partial charge in [0.15, 0.2) is 0 Å². The Morgan fingerprint density at radius 1 is 0.625 bits per heavy atom. The first-order chi connectivity index (χ1) is 15.4. The third-order valence-electron chi connectivity index (χ3n) is 7.67. The highest BCUT2D eigenvalue weighted by molar-refractivity contribution is 6.65. The lowest BCUT2D eigenvalue weighted by Crippen LogP contribution is -2.41. The standard InChI is InChI=1S/C28H23BO3/c1-27(2)28(3,4)32-29(31-27)20-14-12-16-8-7-10-18-23(16)25(20)19-13-15-22-26(24(18)19)17-9-5-6-11-21(17)30-22/h5-15H,1-4H3. The summed E-state index contributed by atoms with van der Waals surface area (Å²) in [5.41, 5.74) is 7.11. The van der Waals surface area contributed by atoms with Crippen LogP contribution in [0.15, 0.2) is 71.1 Å². The van der Waals surface area contributed by atoms with Gasteiger partial charge in [0.05, 0.1) is 11.2 Å². The van der Waals surface area contributed by atoms with Crippen LogP contribution in [-0.4, -0.2) is 18.3 Å². The van der Waals surface area contributed by atoms with Crippen molar-refractivity contribution in [2.24, 2.45) is 0 Å². The summed E-state index contributed by atoms with van der Waals surface area (Å²) in [7, 11) is -0.407. The van der Waals surface area contributed by atoms with Crippen molar-refractivity contribution in [3.8, 4) is 22.3 Å². The molecule has 0 saturated carbocycles. The number of rotatable bonds is 1. The van der Waals surface area contributed by atoms with E-state index in [1.54, 1.807) is 0 Å². The predicted octanol–water partition coefficient (Wildman–Crippen LogP) is 6.69. The Bertz CT molecular complexity index is 1580. The molecular formula is C28H23BO3. The maximum absolute atomic E-state index is 6.48. The smallest absolute Gasteiger partial charge is 0.456 e. The average Bonchev–Trinajstić information content (AvgIpc) is 3.37. The highest BCUT2D eigenvalue weighted by Crippen LogP contribution is 2.52. The van der Waals surface area contributed by atoms with Gasteiger partial charge in [-0.3, -0.25) is 0 Å². The van der Waals surface area contributed by atoms with Crippen LogP contribution < -0.4 is 5.46 Å². The Kier molecular flexibility index (Phi) is 3.37. The summed E-state index contributed by atoms with van der Waals surface area (Å²) in [6, 6.07) is 23.5. The van der Waals surface area contributed by atoms with Gasteiger partial charge in [0.25, 0.3) is 0 Å². The molecule has 1 aliphatic carbocycles. The van der Waals surface area contributed by atoms with Crippen molar-refractivity contribution < 1.29 is 13.7 Å². The summed E-state index contributed by atoms with van der Waals surface area (Å²) >= 11 is 0. The Morgan fingerprint density at radius 2 is 1.41 bits per heavy atom. The quantitative estimate of drug-likeness (QED) is 0.279. The summed E-state index contributed by atoms with van der Waals surface area (Å²) in [5, 5.41) is 4.84. The maximum atomic E-state index is 6.48. The van der Waals surface area contributed by atoms with Crippen LogP contribution in [-0.2, 0) is 9.31 Å². The Labute approximate surface area is 187 Å². The second-order valence-electron chi connectivity index (χ2n) is 9.98. The molecule has 32 heavy (non-hydrogen) atoms. The minimum absolute atomic E-state index is 0.384. The second-order valence-corrected chi connectivity index (χ2v) is 9.98. The maximum Gasteiger partial charge on any atom is 0.495 e. The van der Waals surface area contributed by atoms with Crippen molar-refractivity contribution in [3.05, 3.63) is 66.7 Å². The van der Waals surface area contributed by atoms with Gasteiger partial charge < -0.3 is 13.7 Å². The van der Waals surface area contributed by atoms with Crippen LogP contribution in [0.1, 0.15) is 27.7 Å². The number of para-hydroxylation sites is 1. The monoisotopic (exact) mass is 418 g/mol. The first kappa shape index (κ1) is 18.5. The third-order valence-corrected chi connectivity index (χ3v) is 7.67. The van der Waals surface area contributed by atoms with Gasteiger partial charge in [0.1, 0.15) is 11.2 Å². The number of fused-ring (bicyclic) bond motifs is 7. The first-order valence-corrected chi connectivity index (χ1v) is 11.2. The van der Waals surface area contributed by atoms with E-state index in [4.69, 9.17) is 13.7 Å². The largest absolute Gasteiger partial charge is 0.495 e. The lowest BCUT2D eigenvalue weighted by atomic mass is 9.74. The van der Waals surface area contributed by atoms with E-state index < -0.39 is 7.12 Å². The fraction of sp³-hybridized carbons (Fsp3) is 0.214. The van der Waals surface area contributed by atoms with Gasteiger partial charge in [-0.1, -0.05) is 54.6 Å². The van der Waals surface area contributed by atoms with E-state index >= 15 is 0 Å². The SMILES string of the molecule is CC1(C)OB(c2ccc3cccc4c3c2-c2ccc3oc5ccccc5c3c2-4)OC1(C)C. The van der Waals surface area contributed by atoms with Crippen molar-refractivity contribution in [2.45, 2.75) is 38.9 Å². The molecule has 1 aliphatic heterocycles. The Balaban J connectivity index is 1.57. The van der Waals surface area contributed by atoms with Gasteiger partial charge in [0.2, 0.25) is 0 Å². The molecule has 0 bridgehead atoms. The molecule has 2 heterocycles. The van der Waals surface area contributed by atoms with E-state index in [0.717, 1.165) is 22.0 Å². The highest BCUT2D eigenvalue weighted by Gasteiger charge is 2.52. The minimum Gasteiger partial charge on any atom is -0.456 e. The number of hydrogen-bond acceptors (Lipinski definition) is 3. The summed E-state index contributed by atoms with van der Waals surface area (Å²) in [5.74, 6) is 0. The first-order valence-electron chi connectivity index (χ1n) is 11.2. The van der Waals surface area contributed by atoms with Gasteiger partial charge in [0, 0.05) is 16.3 Å². The molecule has 4 heteroatoms. The van der Waals surface area contributed by atoms with Crippen molar-refractivity contribution in [3.63, 3.8) is 0 Å². The molecule has 0 atom stereocenters. The molecule has 7 rings (SSSR count). The molecule has 2 aliphatic rings. The highest BCUT2D eigenvalue weighted by atomic mass is 16.7. The van der Waals surface area contributed by atoms with Crippen LogP contribution >= 0.6 is 0 Å². The van der Waals surface area contributed by atoms with Crippen LogP contribution in [0.25, 0.3) is 55.0 Å². The third kappa shape index (κ3) is 2.19. The fourth-order valence-corrected chi connectivity index (χ4v) is 5.36. The number of benzene rings is 4. The van der Waals surface area contributed by atoms with Crippen LogP contribution in [0, 0.1) is 0 Å². The molecule has 0 N–H and O–H groups in total.